The number of furan rings is 1. The summed E-state index contributed by atoms with van der Waals surface area (Å²) < 4.78 is 6.67. The first kappa shape index (κ1) is 28.8. The average Bonchev–Trinajstić information content (AvgIpc) is 3.55. The van der Waals surface area contributed by atoms with E-state index in [-0.39, 0.29) is 0 Å². The molecule has 0 fully saturated rings. The van der Waals surface area contributed by atoms with Crippen molar-refractivity contribution in [3.8, 4) is 11.1 Å². The van der Waals surface area contributed by atoms with Gasteiger partial charge in [-0.15, -0.1) is 0 Å². The topological polar surface area (TPSA) is 16.4 Å². The molecule has 0 amide bonds. The number of para-hydroxylation sites is 2. The van der Waals surface area contributed by atoms with E-state index in [1.54, 1.807) is 0 Å². The molecule has 1 heterocycles. The molecule has 0 aliphatic carbocycles. The van der Waals surface area contributed by atoms with Gasteiger partial charge in [-0.2, -0.15) is 0 Å². The molecule has 9 rings (SSSR count). The molecule has 0 bridgehead atoms. The number of rotatable bonds is 6. The van der Waals surface area contributed by atoms with Crippen molar-refractivity contribution in [2.24, 2.45) is 0 Å². The molecule has 49 heavy (non-hydrogen) atoms. The van der Waals surface area contributed by atoms with Crippen LogP contribution >= 0.6 is 0 Å². The summed E-state index contributed by atoms with van der Waals surface area (Å²) >= 11 is 0. The molecule has 0 atom stereocenters. The van der Waals surface area contributed by atoms with Gasteiger partial charge in [0.15, 0.2) is 5.58 Å². The van der Waals surface area contributed by atoms with Gasteiger partial charge in [0.05, 0.1) is 11.4 Å². The molecule has 2 heteroatoms. The van der Waals surface area contributed by atoms with Crippen molar-refractivity contribution in [2.75, 3.05) is 4.90 Å². The Bertz CT molecular complexity index is 2740. The maximum absolute atomic E-state index is 6.67. The number of benzene rings is 8. The van der Waals surface area contributed by atoms with E-state index in [0.29, 0.717) is 0 Å². The highest BCUT2D eigenvalue weighted by molar-refractivity contribution is 6.12. The third-order valence-electron chi connectivity index (χ3n) is 9.54. The number of nitrogens with zero attached hydrogens (tertiary/aromatic N) is 1. The molecule has 0 saturated carbocycles. The molecule has 0 unspecified atom stereocenters. The second kappa shape index (κ2) is 12.0. The number of allylic oxidation sites excluding steroid dienone is 3. The number of hydrogen-bond donors (Lipinski definition) is 0. The summed E-state index contributed by atoms with van der Waals surface area (Å²) in [6.45, 7) is 2.06. The fraction of sp³-hybridized carbons (Fsp3) is 0.0213. The van der Waals surface area contributed by atoms with Gasteiger partial charge in [0, 0.05) is 16.5 Å². The molecule has 0 N–H and O–H groups in total. The molecule has 0 spiro atoms. The van der Waals surface area contributed by atoms with Crippen molar-refractivity contribution in [3.63, 3.8) is 0 Å². The lowest BCUT2D eigenvalue weighted by atomic mass is 9.97. The molecular weight excluding hydrogens is 595 g/mol. The molecule has 0 saturated heterocycles. The fourth-order valence-corrected chi connectivity index (χ4v) is 7.17. The Morgan fingerprint density at radius 1 is 0.510 bits per heavy atom. The van der Waals surface area contributed by atoms with Gasteiger partial charge in [-0.1, -0.05) is 140 Å². The van der Waals surface area contributed by atoms with Crippen LogP contribution in [-0.4, -0.2) is 0 Å². The van der Waals surface area contributed by atoms with Crippen molar-refractivity contribution in [2.45, 2.75) is 6.92 Å². The average molecular weight is 628 g/mol. The number of anilines is 2. The van der Waals surface area contributed by atoms with Crippen molar-refractivity contribution in [3.05, 3.63) is 188 Å². The standard InChI is InChI=1S/C47H33NO/c1-2-3-20-44(38-27-28-41-37(30-38)26-24-33-13-6-7-17-40(33)41)48(45-21-11-19-43-42-18-8-9-22-46(42)49-47(43)45)39-16-10-15-35(31-39)36-25-23-32-12-4-5-14-34(32)29-36/h2-31H,1H3/b3-2-,44-20+. The van der Waals surface area contributed by atoms with E-state index in [1.165, 1.54) is 37.9 Å². The minimum Gasteiger partial charge on any atom is -0.454 e. The lowest BCUT2D eigenvalue weighted by Gasteiger charge is -2.29. The van der Waals surface area contributed by atoms with Gasteiger partial charge in [0.2, 0.25) is 0 Å². The van der Waals surface area contributed by atoms with Crippen LogP contribution in [-0.2, 0) is 0 Å². The predicted molar refractivity (Wildman–Crippen MR) is 209 cm³/mol. The minimum atomic E-state index is 0.859. The van der Waals surface area contributed by atoms with E-state index in [1.807, 2.05) is 12.1 Å². The lowest BCUT2D eigenvalue weighted by Crippen LogP contribution is -2.16. The maximum atomic E-state index is 6.67. The van der Waals surface area contributed by atoms with Crippen molar-refractivity contribution in [1.82, 2.24) is 0 Å². The zero-order valence-corrected chi connectivity index (χ0v) is 27.2. The van der Waals surface area contributed by atoms with Crippen LogP contribution in [0.25, 0.3) is 71.1 Å². The normalized spacial score (nSPS) is 12.2. The summed E-state index contributed by atoms with van der Waals surface area (Å²) in [4.78, 5) is 2.36. The highest BCUT2D eigenvalue weighted by Gasteiger charge is 2.22. The lowest BCUT2D eigenvalue weighted by molar-refractivity contribution is 0.669. The highest BCUT2D eigenvalue weighted by Crippen LogP contribution is 2.43. The predicted octanol–water partition coefficient (Wildman–Crippen LogP) is 13.5. The molecule has 232 valence electrons. The van der Waals surface area contributed by atoms with Gasteiger partial charge in [0.25, 0.3) is 0 Å². The Balaban J connectivity index is 1.29. The smallest absolute Gasteiger partial charge is 0.159 e. The van der Waals surface area contributed by atoms with Gasteiger partial charge in [-0.3, -0.25) is 0 Å². The van der Waals surface area contributed by atoms with E-state index in [4.69, 9.17) is 4.42 Å². The quantitative estimate of drug-likeness (QED) is 0.135. The van der Waals surface area contributed by atoms with E-state index >= 15 is 0 Å². The minimum absolute atomic E-state index is 0.859. The second-order valence-corrected chi connectivity index (χ2v) is 12.5. The summed E-state index contributed by atoms with van der Waals surface area (Å²) in [6, 6.07) is 58.7. The zero-order chi connectivity index (χ0) is 32.7. The van der Waals surface area contributed by atoms with Crippen LogP contribution in [0, 0.1) is 0 Å². The molecule has 8 aromatic carbocycles. The summed E-state index contributed by atoms with van der Waals surface area (Å²) in [5.74, 6) is 0. The van der Waals surface area contributed by atoms with E-state index < -0.39 is 0 Å². The van der Waals surface area contributed by atoms with E-state index in [9.17, 15) is 0 Å². The maximum Gasteiger partial charge on any atom is 0.159 e. The molecule has 2 nitrogen and oxygen atoms in total. The van der Waals surface area contributed by atoms with Crippen LogP contribution in [0.2, 0.25) is 0 Å². The van der Waals surface area contributed by atoms with Gasteiger partial charge in [0.1, 0.15) is 5.58 Å². The molecule has 0 aliphatic rings. The fourth-order valence-electron chi connectivity index (χ4n) is 7.17. The third-order valence-corrected chi connectivity index (χ3v) is 9.54. The number of fused-ring (bicyclic) bond motifs is 7. The Hall–Kier alpha value is -6.38. The monoisotopic (exact) mass is 627 g/mol. The van der Waals surface area contributed by atoms with Crippen LogP contribution in [0.3, 0.4) is 0 Å². The summed E-state index contributed by atoms with van der Waals surface area (Å²) in [6.07, 6.45) is 6.42. The molecule has 1 aromatic heterocycles. The first-order valence-electron chi connectivity index (χ1n) is 16.8. The molecular formula is C47H33NO. The highest BCUT2D eigenvalue weighted by atomic mass is 16.3. The van der Waals surface area contributed by atoms with E-state index in [2.05, 4.69) is 182 Å². The molecule has 9 aromatic rings. The Morgan fingerprint density at radius 2 is 1.20 bits per heavy atom. The summed E-state index contributed by atoms with van der Waals surface area (Å²) in [5.41, 5.74) is 8.28. The van der Waals surface area contributed by atoms with Gasteiger partial charge in [-0.05, 0) is 98.4 Å². The second-order valence-electron chi connectivity index (χ2n) is 12.5. The van der Waals surface area contributed by atoms with Gasteiger partial charge in [-0.25, -0.2) is 0 Å². The van der Waals surface area contributed by atoms with Crippen LogP contribution < -0.4 is 4.90 Å². The first-order valence-corrected chi connectivity index (χ1v) is 16.8. The zero-order valence-electron chi connectivity index (χ0n) is 27.2. The Morgan fingerprint density at radius 3 is 2.10 bits per heavy atom. The Kier molecular flexibility index (Phi) is 7.06. The van der Waals surface area contributed by atoms with E-state index in [0.717, 1.165) is 50.1 Å². The van der Waals surface area contributed by atoms with Gasteiger partial charge >= 0.3 is 0 Å². The summed E-state index contributed by atoms with van der Waals surface area (Å²) in [7, 11) is 0. The first-order chi connectivity index (χ1) is 24.2. The van der Waals surface area contributed by atoms with Gasteiger partial charge < -0.3 is 9.32 Å². The molecule has 0 aliphatic heterocycles. The largest absolute Gasteiger partial charge is 0.454 e. The van der Waals surface area contributed by atoms with Crippen LogP contribution in [0.5, 0.6) is 0 Å². The van der Waals surface area contributed by atoms with Crippen LogP contribution in [0.4, 0.5) is 11.4 Å². The van der Waals surface area contributed by atoms with Crippen molar-refractivity contribution >= 4 is 71.3 Å². The molecule has 0 radical (unpaired) electrons. The van der Waals surface area contributed by atoms with Crippen LogP contribution in [0.1, 0.15) is 12.5 Å². The van der Waals surface area contributed by atoms with Crippen molar-refractivity contribution < 1.29 is 4.42 Å². The summed E-state index contributed by atoms with van der Waals surface area (Å²) in [5, 5.41) is 9.63. The third kappa shape index (κ3) is 5.06. The van der Waals surface area contributed by atoms with Crippen LogP contribution in [0.15, 0.2) is 186 Å². The van der Waals surface area contributed by atoms with Crippen molar-refractivity contribution in [1.29, 1.82) is 0 Å². The number of hydrogen-bond acceptors (Lipinski definition) is 2. The Labute approximate surface area is 285 Å². The SMILES string of the molecule is C/C=C\C=C(/c1ccc2c(ccc3ccccc32)c1)N(c1cccc(-c2ccc3ccccc3c2)c1)c1cccc2c1oc1ccccc12.